The maximum Gasteiger partial charge on any atom is 0.0310 e. The van der Waals surface area contributed by atoms with Gasteiger partial charge in [-0.25, -0.2) is 0 Å². The lowest BCUT2D eigenvalue weighted by Crippen LogP contribution is -1.92. The van der Waals surface area contributed by atoms with E-state index in [0.717, 1.165) is 12.1 Å². The Morgan fingerprint density at radius 2 is 2.10 bits per heavy atom. The standard InChI is InChI=1S/C6H11N.CH2S2/c1-5-3-2-4-6(5)7;2-1-3/h2-4,7H2,1H3;1H,(H,2,3). The molecular weight excluding hydrogens is 162 g/mol. The van der Waals surface area contributed by atoms with Crippen LogP contribution in [-0.4, -0.2) is 4.70 Å². The molecule has 58 valence electrons. The lowest BCUT2D eigenvalue weighted by molar-refractivity contribution is 0.889. The number of hydrogen-bond acceptors (Lipinski definition) is 2. The van der Waals surface area contributed by atoms with Crippen molar-refractivity contribution in [3.63, 3.8) is 0 Å². The minimum atomic E-state index is 1.13. The highest BCUT2D eigenvalue weighted by Crippen LogP contribution is 2.20. The van der Waals surface area contributed by atoms with Crippen molar-refractivity contribution in [2.24, 2.45) is 5.73 Å². The third-order valence-electron chi connectivity index (χ3n) is 1.55. The average Bonchev–Trinajstić information content (AvgIpc) is 2.19. The van der Waals surface area contributed by atoms with Crippen LogP contribution in [0.5, 0.6) is 0 Å². The van der Waals surface area contributed by atoms with Gasteiger partial charge in [0.05, 0.1) is 0 Å². The van der Waals surface area contributed by atoms with Gasteiger partial charge in [0.2, 0.25) is 0 Å². The molecule has 0 fully saturated rings. The fourth-order valence-corrected chi connectivity index (χ4v) is 0.918. The number of rotatable bonds is 0. The first-order valence-corrected chi connectivity index (χ1v) is 4.23. The van der Waals surface area contributed by atoms with E-state index in [1.54, 1.807) is 0 Å². The average molecular weight is 175 g/mol. The molecule has 0 saturated heterocycles. The summed E-state index contributed by atoms with van der Waals surface area (Å²) in [5.74, 6) is 0. The fourth-order valence-electron chi connectivity index (χ4n) is 0.918. The summed E-state index contributed by atoms with van der Waals surface area (Å²) in [4.78, 5) is 0. The molecule has 3 heteroatoms. The molecule has 0 saturated carbocycles. The third-order valence-corrected chi connectivity index (χ3v) is 1.55. The molecular formula is C7H13NS2. The molecule has 0 aromatic rings. The molecule has 1 aliphatic carbocycles. The second kappa shape index (κ2) is 5.74. The summed E-state index contributed by atoms with van der Waals surface area (Å²) in [6.07, 6.45) is 3.63. The van der Waals surface area contributed by atoms with Gasteiger partial charge >= 0.3 is 0 Å². The largest absolute Gasteiger partial charge is 0.402 e. The summed E-state index contributed by atoms with van der Waals surface area (Å²) in [6, 6.07) is 0. The molecule has 0 atom stereocenters. The highest BCUT2D eigenvalue weighted by atomic mass is 32.1. The number of hydrogen-bond donors (Lipinski definition) is 2. The van der Waals surface area contributed by atoms with Crippen LogP contribution in [0.15, 0.2) is 11.3 Å². The second-order valence-corrected chi connectivity index (χ2v) is 3.11. The molecule has 0 radical (unpaired) electrons. The number of thiol groups is 1. The maximum atomic E-state index is 5.56. The van der Waals surface area contributed by atoms with Crippen LogP contribution in [0.1, 0.15) is 26.2 Å². The van der Waals surface area contributed by atoms with Crippen LogP contribution in [0, 0.1) is 0 Å². The normalized spacial score (nSPS) is 16.2. The topological polar surface area (TPSA) is 26.0 Å². The van der Waals surface area contributed by atoms with Crippen molar-refractivity contribution < 1.29 is 0 Å². The lowest BCUT2D eigenvalue weighted by Gasteiger charge is -1.88. The Morgan fingerprint density at radius 1 is 1.60 bits per heavy atom. The predicted molar refractivity (Wildman–Crippen MR) is 53.4 cm³/mol. The molecule has 0 spiro atoms. The van der Waals surface area contributed by atoms with Crippen LogP contribution < -0.4 is 5.73 Å². The van der Waals surface area contributed by atoms with Gasteiger partial charge in [-0.05, 0) is 26.2 Å². The Labute approximate surface area is 73.1 Å². The quantitative estimate of drug-likeness (QED) is 0.436. The van der Waals surface area contributed by atoms with E-state index in [1.165, 1.54) is 23.1 Å². The van der Waals surface area contributed by atoms with E-state index in [1.807, 2.05) is 0 Å². The van der Waals surface area contributed by atoms with Gasteiger partial charge in [0.15, 0.2) is 0 Å². The Balaban J connectivity index is 0.000000236. The van der Waals surface area contributed by atoms with Gasteiger partial charge in [-0.2, -0.15) is 0 Å². The molecule has 0 amide bonds. The fraction of sp³-hybridized carbons (Fsp3) is 0.571. The van der Waals surface area contributed by atoms with Crippen LogP contribution in [0.2, 0.25) is 0 Å². The van der Waals surface area contributed by atoms with E-state index in [-0.39, 0.29) is 0 Å². The van der Waals surface area contributed by atoms with Crippen molar-refractivity contribution in [2.45, 2.75) is 26.2 Å². The van der Waals surface area contributed by atoms with Gasteiger partial charge in [0.1, 0.15) is 0 Å². The van der Waals surface area contributed by atoms with E-state index in [2.05, 4.69) is 31.8 Å². The Morgan fingerprint density at radius 3 is 2.20 bits per heavy atom. The Kier molecular flexibility index (Phi) is 5.73. The van der Waals surface area contributed by atoms with E-state index >= 15 is 0 Å². The van der Waals surface area contributed by atoms with E-state index in [9.17, 15) is 0 Å². The van der Waals surface area contributed by atoms with Gasteiger partial charge < -0.3 is 5.73 Å². The molecule has 10 heavy (non-hydrogen) atoms. The summed E-state index contributed by atoms with van der Waals surface area (Å²) in [7, 11) is 0. The monoisotopic (exact) mass is 175 g/mol. The van der Waals surface area contributed by atoms with Crippen LogP contribution in [0.4, 0.5) is 0 Å². The minimum Gasteiger partial charge on any atom is -0.402 e. The van der Waals surface area contributed by atoms with Crippen molar-refractivity contribution in [3.05, 3.63) is 11.3 Å². The number of allylic oxidation sites excluding steroid dienone is 2. The van der Waals surface area contributed by atoms with Crippen molar-refractivity contribution in [1.82, 2.24) is 0 Å². The van der Waals surface area contributed by atoms with Crippen molar-refractivity contribution in [1.29, 1.82) is 0 Å². The zero-order chi connectivity index (χ0) is 7.98. The predicted octanol–water partition coefficient (Wildman–Crippen LogP) is 2.28. The summed E-state index contributed by atoms with van der Waals surface area (Å²) in [6.45, 7) is 2.11. The van der Waals surface area contributed by atoms with Crippen LogP contribution in [0.3, 0.4) is 0 Å². The van der Waals surface area contributed by atoms with Crippen LogP contribution >= 0.6 is 24.8 Å². The molecule has 1 rings (SSSR count). The molecule has 1 aliphatic rings. The van der Waals surface area contributed by atoms with E-state index < -0.39 is 0 Å². The third kappa shape index (κ3) is 3.90. The van der Waals surface area contributed by atoms with Gasteiger partial charge in [-0.1, -0.05) is 17.8 Å². The highest BCUT2D eigenvalue weighted by molar-refractivity contribution is 8.08. The van der Waals surface area contributed by atoms with Gasteiger partial charge in [0, 0.05) is 10.4 Å². The smallest absolute Gasteiger partial charge is 0.0310 e. The van der Waals surface area contributed by atoms with Crippen molar-refractivity contribution >= 4 is 29.5 Å². The molecule has 2 N–H and O–H groups in total. The van der Waals surface area contributed by atoms with E-state index in [0.29, 0.717) is 0 Å². The molecule has 0 unspecified atom stereocenters. The van der Waals surface area contributed by atoms with Gasteiger partial charge in [-0.3, -0.25) is 0 Å². The SMILES string of the molecule is CC1=C(N)CCC1.S=CS. The number of nitrogens with two attached hydrogens (primary N) is 1. The molecule has 1 nitrogen and oxygen atoms in total. The lowest BCUT2D eigenvalue weighted by atomic mass is 10.3. The maximum absolute atomic E-state index is 5.56. The van der Waals surface area contributed by atoms with Gasteiger partial charge in [-0.15, -0.1) is 12.6 Å². The summed E-state index contributed by atoms with van der Waals surface area (Å²) in [5.41, 5.74) is 8.09. The van der Waals surface area contributed by atoms with Crippen molar-refractivity contribution in [3.8, 4) is 0 Å². The zero-order valence-corrected chi connectivity index (χ0v) is 7.84. The van der Waals surface area contributed by atoms with Crippen molar-refractivity contribution in [2.75, 3.05) is 0 Å². The summed E-state index contributed by atoms with van der Waals surface area (Å²) in [5, 5.41) is 0. The Hall–Kier alpha value is -0.0200. The summed E-state index contributed by atoms with van der Waals surface area (Å²) < 4.78 is 1.28. The first-order valence-electron chi connectivity index (χ1n) is 3.24. The van der Waals surface area contributed by atoms with Crippen LogP contribution in [-0.2, 0) is 0 Å². The van der Waals surface area contributed by atoms with Crippen LogP contribution in [0.25, 0.3) is 0 Å². The molecule has 0 aliphatic heterocycles. The second-order valence-electron chi connectivity index (χ2n) is 2.26. The zero-order valence-electron chi connectivity index (χ0n) is 6.13. The molecule has 0 aromatic heterocycles. The Bertz CT molecular complexity index is 129. The van der Waals surface area contributed by atoms with Gasteiger partial charge in [0.25, 0.3) is 0 Å². The van der Waals surface area contributed by atoms with E-state index in [4.69, 9.17) is 5.73 Å². The number of thiocarbonyl (C=S) groups is 1. The summed E-state index contributed by atoms with van der Waals surface area (Å²) >= 11 is 7.61. The molecule has 0 heterocycles. The minimum absolute atomic E-state index is 1.13. The first kappa shape index (κ1) is 9.98. The first-order chi connectivity index (χ1) is 4.72. The molecule has 0 aromatic carbocycles. The highest BCUT2D eigenvalue weighted by Gasteiger charge is 2.04. The molecule has 0 bridgehead atoms.